The number of carbonyl (C=O) groups excluding carboxylic acids is 1. The summed E-state index contributed by atoms with van der Waals surface area (Å²) in [6.07, 6.45) is 2.89. The number of benzene rings is 1. The van der Waals surface area contributed by atoms with Crippen molar-refractivity contribution in [1.82, 2.24) is 5.01 Å². The summed E-state index contributed by atoms with van der Waals surface area (Å²) in [6, 6.07) is 6.01. The fourth-order valence-electron chi connectivity index (χ4n) is 1.37. The molecule has 0 aromatic heterocycles. The molecule has 112 valence electrons. The second-order valence-corrected chi connectivity index (χ2v) is 4.15. The van der Waals surface area contributed by atoms with Gasteiger partial charge in [0.2, 0.25) is 0 Å². The van der Waals surface area contributed by atoms with Gasteiger partial charge in [-0.05, 0) is 31.5 Å². The molecule has 7 heteroatoms. The van der Waals surface area contributed by atoms with Gasteiger partial charge in [0.05, 0.1) is 17.7 Å². The largest absolute Gasteiger partial charge is 0.463 e. The Morgan fingerprint density at radius 2 is 2.05 bits per heavy atom. The van der Waals surface area contributed by atoms with Gasteiger partial charge >= 0.3 is 5.97 Å². The van der Waals surface area contributed by atoms with Crippen LogP contribution in [0.5, 0.6) is 0 Å². The van der Waals surface area contributed by atoms with Gasteiger partial charge in [0.1, 0.15) is 0 Å². The Morgan fingerprint density at radius 1 is 1.43 bits per heavy atom. The fraction of sp³-hybridized carbons (Fsp3) is 0.286. The van der Waals surface area contributed by atoms with Crippen molar-refractivity contribution >= 4 is 17.9 Å². The van der Waals surface area contributed by atoms with Gasteiger partial charge < -0.3 is 4.74 Å². The molecule has 0 saturated carbocycles. The van der Waals surface area contributed by atoms with Crippen molar-refractivity contribution in [1.29, 1.82) is 0 Å². The normalized spacial score (nSPS) is 11.5. The average molecular weight is 291 g/mol. The first-order valence-corrected chi connectivity index (χ1v) is 6.31. The molecule has 0 spiro atoms. The van der Waals surface area contributed by atoms with Crippen LogP contribution in [-0.2, 0) is 9.53 Å². The van der Waals surface area contributed by atoms with Crippen molar-refractivity contribution in [3.05, 3.63) is 51.7 Å². The van der Waals surface area contributed by atoms with E-state index < -0.39 is 10.9 Å². The van der Waals surface area contributed by atoms with Gasteiger partial charge in [-0.2, -0.15) is 5.10 Å². The Bertz CT molecular complexity index is 564. The predicted molar refractivity (Wildman–Crippen MR) is 78.8 cm³/mol. The lowest BCUT2D eigenvalue weighted by molar-refractivity contribution is -0.384. The molecule has 0 atom stereocenters. The molecule has 0 heterocycles. The topological polar surface area (TPSA) is 85.0 Å². The monoisotopic (exact) mass is 291 g/mol. The molecule has 0 N–H and O–H groups in total. The molecule has 0 aliphatic carbocycles. The molecule has 0 bridgehead atoms. The number of esters is 1. The highest BCUT2D eigenvalue weighted by atomic mass is 16.6. The number of hydrazone groups is 1. The van der Waals surface area contributed by atoms with E-state index in [-0.39, 0.29) is 5.69 Å². The molecule has 0 radical (unpaired) electrons. The van der Waals surface area contributed by atoms with E-state index in [9.17, 15) is 14.9 Å². The first-order valence-electron chi connectivity index (χ1n) is 6.31. The summed E-state index contributed by atoms with van der Waals surface area (Å²) in [6.45, 7) is 3.78. The lowest BCUT2D eigenvalue weighted by atomic mass is 10.2. The minimum Gasteiger partial charge on any atom is -0.463 e. The van der Waals surface area contributed by atoms with E-state index in [1.165, 1.54) is 23.2 Å². The molecule has 0 saturated heterocycles. The highest BCUT2D eigenvalue weighted by Crippen LogP contribution is 2.11. The number of non-ortho nitro benzene ring substituents is 1. The number of nitro groups is 1. The zero-order valence-electron chi connectivity index (χ0n) is 12.1. The number of nitro benzene ring substituents is 1. The van der Waals surface area contributed by atoms with Crippen molar-refractivity contribution in [2.24, 2.45) is 5.10 Å². The fourth-order valence-corrected chi connectivity index (χ4v) is 1.37. The quantitative estimate of drug-likeness (QED) is 0.264. The zero-order valence-corrected chi connectivity index (χ0v) is 12.1. The summed E-state index contributed by atoms with van der Waals surface area (Å²) in [5.41, 5.74) is 1.36. The molecule has 1 aromatic carbocycles. The van der Waals surface area contributed by atoms with Crippen LogP contribution in [0.2, 0.25) is 0 Å². The minimum absolute atomic E-state index is 0.0268. The smallest absolute Gasteiger partial charge is 0.332 e. The third kappa shape index (κ3) is 5.43. The molecule has 0 amide bonds. The van der Waals surface area contributed by atoms with Crippen LogP contribution in [0, 0.1) is 10.1 Å². The molecule has 0 fully saturated rings. The van der Waals surface area contributed by atoms with Crippen LogP contribution < -0.4 is 0 Å². The van der Waals surface area contributed by atoms with E-state index in [0.29, 0.717) is 12.3 Å². The zero-order chi connectivity index (χ0) is 15.8. The van der Waals surface area contributed by atoms with Gasteiger partial charge in [-0.1, -0.05) is 0 Å². The van der Waals surface area contributed by atoms with E-state index in [1.807, 2.05) is 0 Å². The number of ether oxygens (including phenoxy) is 1. The van der Waals surface area contributed by atoms with Crippen molar-refractivity contribution in [2.45, 2.75) is 13.8 Å². The minimum atomic E-state index is -0.459. The van der Waals surface area contributed by atoms with Gasteiger partial charge in [-0.15, -0.1) is 0 Å². The van der Waals surface area contributed by atoms with Gasteiger partial charge in [-0.25, -0.2) is 4.79 Å². The van der Waals surface area contributed by atoms with Crippen molar-refractivity contribution in [3.8, 4) is 0 Å². The molecule has 21 heavy (non-hydrogen) atoms. The molecule has 1 rings (SSSR count). The van der Waals surface area contributed by atoms with Gasteiger partial charge in [0.25, 0.3) is 5.69 Å². The van der Waals surface area contributed by atoms with Crippen LogP contribution in [0.1, 0.15) is 19.4 Å². The van der Waals surface area contributed by atoms with Crippen LogP contribution in [0.25, 0.3) is 0 Å². The Hall–Kier alpha value is -2.70. The van der Waals surface area contributed by atoms with Crippen LogP contribution in [-0.4, -0.2) is 35.8 Å². The molecule has 0 unspecified atom stereocenters. The Morgan fingerprint density at radius 3 is 2.57 bits per heavy atom. The summed E-state index contributed by atoms with van der Waals surface area (Å²) in [5, 5.41) is 16.2. The van der Waals surface area contributed by atoms with E-state index in [1.54, 1.807) is 39.2 Å². The lowest BCUT2D eigenvalue weighted by Crippen LogP contribution is -2.11. The Labute approximate surface area is 122 Å². The van der Waals surface area contributed by atoms with Crippen molar-refractivity contribution in [2.75, 3.05) is 13.7 Å². The summed E-state index contributed by atoms with van der Waals surface area (Å²) in [5.74, 6) is -0.424. The van der Waals surface area contributed by atoms with Crippen molar-refractivity contribution < 1.29 is 14.5 Å². The van der Waals surface area contributed by atoms with E-state index in [0.717, 1.165) is 5.56 Å². The summed E-state index contributed by atoms with van der Waals surface area (Å²) in [7, 11) is 1.69. The summed E-state index contributed by atoms with van der Waals surface area (Å²) in [4.78, 5) is 21.4. The number of hydrogen-bond acceptors (Lipinski definition) is 6. The van der Waals surface area contributed by atoms with Crippen LogP contribution in [0.3, 0.4) is 0 Å². The van der Waals surface area contributed by atoms with E-state index >= 15 is 0 Å². The highest BCUT2D eigenvalue weighted by Gasteiger charge is 2.04. The maximum absolute atomic E-state index is 11.3. The first kappa shape index (κ1) is 16.4. The first-order chi connectivity index (χ1) is 9.93. The average Bonchev–Trinajstić information content (AvgIpc) is 2.45. The SMILES string of the molecule is CCOC(=O)/C=C(\C)N(C)N=Cc1ccc([N+](=O)[O-])cc1. The summed E-state index contributed by atoms with van der Waals surface area (Å²) >= 11 is 0. The molecular formula is C14H17N3O4. The Kier molecular flexibility index (Phi) is 6.06. The molecule has 0 aliphatic heterocycles. The van der Waals surface area contributed by atoms with Gasteiger partial charge in [0, 0.05) is 31.0 Å². The lowest BCUT2D eigenvalue weighted by Gasteiger charge is -2.12. The van der Waals surface area contributed by atoms with E-state index in [4.69, 9.17) is 4.74 Å². The second kappa shape index (κ2) is 7.78. The number of rotatable bonds is 6. The standard InChI is InChI=1S/C14H17N3O4/c1-4-21-14(18)9-11(2)16(3)15-10-12-5-7-13(8-6-12)17(19)20/h5-10H,4H2,1-3H3/b11-9+,15-10?. The van der Waals surface area contributed by atoms with Crippen LogP contribution in [0.15, 0.2) is 41.1 Å². The molecule has 1 aromatic rings. The molecule has 7 nitrogen and oxygen atoms in total. The predicted octanol–water partition coefficient (Wildman–Crippen LogP) is 2.33. The number of allylic oxidation sites excluding steroid dienone is 1. The van der Waals surface area contributed by atoms with Gasteiger partial charge in [-0.3, -0.25) is 15.1 Å². The van der Waals surface area contributed by atoms with Gasteiger partial charge in [0.15, 0.2) is 0 Å². The third-order valence-corrected chi connectivity index (χ3v) is 2.61. The third-order valence-electron chi connectivity index (χ3n) is 2.61. The Balaban J connectivity index is 2.70. The van der Waals surface area contributed by atoms with Crippen LogP contribution >= 0.6 is 0 Å². The number of nitrogens with zero attached hydrogens (tertiary/aromatic N) is 3. The van der Waals surface area contributed by atoms with Crippen LogP contribution in [0.4, 0.5) is 5.69 Å². The second-order valence-electron chi connectivity index (χ2n) is 4.15. The maximum Gasteiger partial charge on any atom is 0.332 e. The van der Waals surface area contributed by atoms with Crippen molar-refractivity contribution in [3.63, 3.8) is 0 Å². The van der Waals surface area contributed by atoms with E-state index in [2.05, 4.69) is 5.10 Å². The number of carbonyl (C=O) groups is 1. The molecule has 0 aliphatic rings. The maximum atomic E-state index is 11.3. The molecular weight excluding hydrogens is 274 g/mol. The summed E-state index contributed by atoms with van der Waals surface area (Å²) < 4.78 is 4.80. The number of hydrogen-bond donors (Lipinski definition) is 0. The highest BCUT2D eigenvalue weighted by molar-refractivity contribution is 5.83.